The molecule has 2 aromatic rings. The molecule has 2 saturated heterocycles. The molecule has 4 rings (SSSR count). The van der Waals surface area contributed by atoms with E-state index in [0.717, 1.165) is 94.8 Å². The maximum atomic E-state index is 11.5. The van der Waals surface area contributed by atoms with Crippen LogP contribution in [0.3, 0.4) is 0 Å². The quantitative estimate of drug-likeness (QED) is 0.0285. The van der Waals surface area contributed by atoms with Crippen molar-refractivity contribution in [3.05, 3.63) is 84.0 Å². The number of terminal acetylenes is 1. The first-order chi connectivity index (χ1) is 33.2. The molecule has 0 saturated carbocycles. The average Bonchev–Trinajstić information content (AvgIpc) is 3.37. The predicted octanol–water partition coefficient (Wildman–Crippen LogP) is 10.9. The van der Waals surface area contributed by atoms with Gasteiger partial charge in [-0.3, -0.25) is 4.79 Å². The van der Waals surface area contributed by atoms with Gasteiger partial charge in [0, 0.05) is 42.7 Å². The number of rotatable bonds is 28. The lowest BCUT2D eigenvalue weighted by molar-refractivity contribution is -0.190. The Morgan fingerprint density at radius 2 is 1.26 bits per heavy atom. The molecule has 2 aromatic carbocycles. The molecule has 2 fully saturated rings. The van der Waals surface area contributed by atoms with E-state index in [1.54, 1.807) is 42.5 Å². The molecule has 12 heteroatoms. The lowest BCUT2D eigenvalue weighted by atomic mass is 9.98. The van der Waals surface area contributed by atoms with Gasteiger partial charge in [0.1, 0.15) is 23.9 Å². The number of unbranched alkanes of at least 4 members (excludes halogenated alkanes) is 4. The predicted molar refractivity (Wildman–Crippen MR) is 266 cm³/mol. The molecule has 0 spiro atoms. The zero-order valence-electron chi connectivity index (χ0n) is 41.5. The molecule has 12 nitrogen and oxygen atoms in total. The molecule has 1 N–H and O–H groups in total. The molecule has 0 amide bonds. The average molecular weight is 945 g/mol. The van der Waals surface area contributed by atoms with Crippen LogP contribution in [0.5, 0.6) is 11.5 Å². The van der Waals surface area contributed by atoms with Crippen molar-refractivity contribution < 1.29 is 57.4 Å². The molecule has 2 unspecified atom stereocenters. The number of carbonyl (C=O) groups excluding carboxylic acids is 3. The lowest BCUT2D eigenvalue weighted by Gasteiger charge is -2.27. The standard InChI is InChI=1S/C28H40O6.C15H26O2.C13H14O4/c1-4-6-7-14-22(34-28-19-10-11-20-32-28)15-8-9-17-25(29)23-16-12-18-26(24(23)13-5-2)33-21-27(30)31-3;1-3-5-7-11-14(10-6-4-2)17-15-12-8-9-13-16-15;1-3-5-11-10(8-14)6-4-7-12(11)17-9-13(15)16-2/h5,12,16,18,22,25,28-29H,2,4,6-8,10-11,13-15,19-21H2,1,3H3;2,14-15H,3,5-13H2,1H3;3-4,6-8H,1,5,9H2,2H3/t22-,25-,28?;14-,15?;/m01./s1. The first kappa shape index (κ1) is 59.2. The highest BCUT2D eigenvalue weighted by Gasteiger charge is 2.21. The highest BCUT2D eigenvalue weighted by molar-refractivity contribution is 5.79. The number of ether oxygens (including phenoxy) is 8. The van der Waals surface area contributed by atoms with Crippen LogP contribution < -0.4 is 9.47 Å². The number of hydrogen-bond acceptors (Lipinski definition) is 12. The third kappa shape index (κ3) is 24.9. The van der Waals surface area contributed by atoms with E-state index in [9.17, 15) is 19.5 Å². The number of esters is 2. The number of methoxy groups -OCH3 is 2. The van der Waals surface area contributed by atoms with Crippen molar-refractivity contribution in [1.82, 2.24) is 0 Å². The zero-order chi connectivity index (χ0) is 49.6. The Kier molecular flexibility index (Phi) is 33.0. The largest absolute Gasteiger partial charge is 0.482 e. The molecule has 0 bridgehead atoms. The lowest BCUT2D eigenvalue weighted by Crippen LogP contribution is -2.28. The van der Waals surface area contributed by atoms with E-state index in [1.807, 2.05) is 6.07 Å². The molecule has 376 valence electrons. The second-order valence-corrected chi connectivity index (χ2v) is 16.6. The molecule has 2 heterocycles. The molecular weight excluding hydrogens is 865 g/mol. The van der Waals surface area contributed by atoms with Crippen molar-refractivity contribution in [3.63, 3.8) is 0 Å². The number of benzene rings is 2. The van der Waals surface area contributed by atoms with Crippen molar-refractivity contribution in [2.24, 2.45) is 0 Å². The summed E-state index contributed by atoms with van der Waals surface area (Å²) in [5.41, 5.74) is 2.67. The van der Waals surface area contributed by atoms with E-state index in [2.05, 4.69) is 54.2 Å². The summed E-state index contributed by atoms with van der Waals surface area (Å²) < 4.78 is 43.7. The maximum absolute atomic E-state index is 11.5. The molecule has 5 atom stereocenters. The highest BCUT2D eigenvalue weighted by atomic mass is 16.7. The molecular formula is C56H80O12. The number of aliphatic hydroxyl groups excluding tert-OH is 1. The summed E-state index contributed by atoms with van der Waals surface area (Å²) >= 11 is 0. The van der Waals surface area contributed by atoms with Gasteiger partial charge in [0.25, 0.3) is 0 Å². The minimum Gasteiger partial charge on any atom is -0.482 e. The van der Waals surface area contributed by atoms with Crippen LogP contribution in [0, 0.1) is 24.2 Å². The second-order valence-electron chi connectivity index (χ2n) is 16.6. The molecule has 2 aliphatic rings. The summed E-state index contributed by atoms with van der Waals surface area (Å²) in [6, 6.07) is 10.5. The third-order valence-corrected chi connectivity index (χ3v) is 11.3. The Labute approximate surface area is 407 Å². The van der Waals surface area contributed by atoms with Crippen molar-refractivity contribution in [2.75, 3.05) is 40.6 Å². The summed E-state index contributed by atoms with van der Waals surface area (Å²) in [4.78, 5) is 33.3. The summed E-state index contributed by atoms with van der Waals surface area (Å²) in [7, 11) is 2.60. The van der Waals surface area contributed by atoms with Crippen LogP contribution in [-0.2, 0) is 50.9 Å². The fourth-order valence-electron chi connectivity index (χ4n) is 7.51. The number of allylic oxidation sites excluding steroid dienone is 2. The number of carbonyl (C=O) groups is 3. The van der Waals surface area contributed by atoms with Gasteiger partial charge in [-0.1, -0.05) is 94.7 Å². The van der Waals surface area contributed by atoms with Crippen LogP contribution in [0.1, 0.15) is 163 Å². The highest BCUT2D eigenvalue weighted by Crippen LogP contribution is 2.29. The Morgan fingerprint density at radius 1 is 0.750 bits per heavy atom. The summed E-state index contributed by atoms with van der Waals surface area (Å²) in [6.45, 7) is 13.1. The van der Waals surface area contributed by atoms with E-state index in [1.165, 1.54) is 59.2 Å². The Bertz CT molecular complexity index is 1830. The van der Waals surface area contributed by atoms with Gasteiger partial charge in [0.15, 0.2) is 25.8 Å². The minimum absolute atomic E-state index is 0.0214. The molecule has 2 aliphatic heterocycles. The van der Waals surface area contributed by atoms with Crippen LogP contribution in [0.15, 0.2) is 61.7 Å². The summed E-state index contributed by atoms with van der Waals surface area (Å²) in [5.74, 6) is 8.88. The van der Waals surface area contributed by atoms with Crippen LogP contribution >= 0.6 is 0 Å². The van der Waals surface area contributed by atoms with Gasteiger partial charge in [0.2, 0.25) is 0 Å². The fourth-order valence-corrected chi connectivity index (χ4v) is 7.51. The van der Waals surface area contributed by atoms with Gasteiger partial charge in [-0.25, -0.2) is 9.59 Å². The van der Waals surface area contributed by atoms with Crippen LogP contribution in [0.25, 0.3) is 0 Å². The smallest absolute Gasteiger partial charge is 0.343 e. The summed E-state index contributed by atoms with van der Waals surface area (Å²) in [5, 5.41) is 10.8. The molecule has 0 radical (unpaired) electrons. The minimum atomic E-state index is -0.960. The Morgan fingerprint density at radius 3 is 1.74 bits per heavy atom. The summed E-state index contributed by atoms with van der Waals surface area (Å²) in [6.07, 6.45) is 29.1. The van der Waals surface area contributed by atoms with E-state index >= 15 is 0 Å². The van der Waals surface area contributed by atoms with Crippen LogP contribution in [-0.4, -0.2) is 88.8 Å². The van der Waals surface area contributed by atoms with Gasteiger partial charge < -0.3 is 43.0 Å². The van der Waals surface area contributed by atoms with Crippen molar-refractivity contribution >= 4 is 18.2 Å². The maximum Gasteiger partial charge on any atom is 0.343 e. The van der Waals surface area contributed by atoms with Gasteiger partial charge in [-0.05, 0) is 94.7 Å². The SMILES string of the molecule is C#CCC[C@H](CCCCC)OC1CCCCO1.C=CCc1c(C=O)cccc1OCC(=O)OC.C=CCc1c(OCC(=O)OC)cccc1[C@@H](O)C#CCC[C@H](CCCCC)OC1CCCCO1. The van der Waals surface area contributed by atoms with Gasteiger partial charge in [-0.15, -0.1) is 31.4 Å². The zero-order valence-corrected chi connectivity index (χ0v) is 41.5. The molecule has 0 aromatic heterocycles. The number of aldehydes is 1. The van der Waals surface area contributed by atoms with Crippen LogP contribution in [0.2, 0.25) is 0 Å². The second kappa shape index (κ2) is 38.0. The van der Waals surface area contributed by atoms with Gasteiger partial charge >= 0.3 is 11.9 Å². The third-order valence-electron chi connectivity index (χ3n) is 11.3. The molecule has 68 heavy (non-hydrogen) atoms. The fraction of sp³-hybridized carbons (Fsp3) is 0.589. The molecule has 0 aliphatic carbocycles. The normalized spacial score (nSPS) is 16.5. The first-order valence-electron chi connectivity index (χ1n) is 24.6. The number of aliphatic hydroxyl groups is 1. The van der Waals surface area contributed by atoms with Crippen molar-refractivity contribution in [3.8, 4) is 35.7 Å². The van der Waals surface area contributed by atoms with Crippen molar-refractivity contribution in [2.45, 2.75) is 173 Å². The van der Waals surface area contributed by atoms with Gasteiger partial charge in [0.05, 0.1) is 26.4 Å². The van der Waals surface area contributed by atoms with Crippen molar-refractivity contribution in [1.29, 1.82) is 0 Å². The van der Waals surface area contributed by atoms with Gasteiger partial charge in [-0.2, -0.15) is 0 Å². The Hall–Kier alpha value is -4.95. The van der Waals surface area contributed by atoms with Crippen LogP contribution in [0.4, 0.5) is 0 Å². The topological polar surface area (TPSA) is 145 Å². The van der Waals surface area contributed by atoms with E-state index in [0.29, 0.717) is 48.0 Å². The van der Waals surface area contributed by atoms with E-state index < -0.39 is 18.0 Å². The number of hydrogen-bond donors (Lipinski definition) is 1. The van der Waals surface area contributed by atoms with E-state index in [-0.39, 0.29) is 31.9 Å². The monoisotopic (exact) mass is 945 g/mol. The first-order valence-corrected chi connectivity index (χ1v) is 24.6. The van der Waals surface area contributed by atoms with E-state index in [4.69, 9.17) is 34.8 Å². The Balaban J connectivity index is 0.000000390.